The predicted octanol–water partition coefficient (Wildman–Crippen LogP) is 4.68. The third-order valence-corrected chi connectivity index (χ3v) is 8.38. The maximum atomic E-state index is 13.9. The Bertz CT molecular complexity index is 1360. The molecule has 1 aromatic heterocycles. The third kappa shape index (κ3) is 5.77. The van der Waals surface area contributed by atoms with E-state index < -0.39 is 16.1 Å². The number of fused-ring (bicyclic) bond motifs is 1. The van der Waals surface area contributed by atoms with Crippen LogP contribution >= 0.6 is 11.6 Å². The van der Waals surface area contributed by atoms with Crippen molar-refractivity contribution in [2.75, 3.05) is 27.2 Å². The van der Waals surface area contributed by atoms with Crippen molar-refractivity contribution >= 4 is 32.5 Å². The molecule has 0 saturated carbocycles. The number of hydrogen-bond acceptors (Lipinski definition) is 5. The second-order valence-electron chi connectivity index (χ2n) is 10.1. The van der Waals surface area contributed by atoms with Gasteiger partial charge in [-0.3, -0.25) is 9.36 Å². The Hall–Kier alpha value is -2.26. The van der Waals surface area contributed by atoms with Gasteiger partial charge < -0.3 is 4.90 Å². The lowest BCUT2D eigenvalue weighted by molar-refractivity contribution is 0.281. The zero-order valence-electron chi connectivity index (χ0n) is 21.5. The number of rotatable bonds is 8. The van der Waals surface area contributed by atoms with Crippen molar-refractivity contribution in [3.63, 3.8) is 0 Å². The lowest BCUT2D eigenvalue weighted by Crippen LogP contribution is -2.41. The molecule has 1 atom stereocenters. The average Bonchev–Trinajstić information content (AvgIpc) is 2.77. The zero-order chi connectivity index (χ0) is 26.1. The van der Waals surface area contributed by atoms with Crippen LogP contribution in [0.5, 0.6) is 0 Å². The predicted molar refractivity (Wildman–Crippen MR) is 143 cm³/mol. The van der Waals surface area contributed by atoms with Crippen LogP contribution in [-0.4, -0.2) is 54.4 Å². The number of nitrogens with zero attached hydrogens (tertiary/aromatic N) is 4. The van der Waals surface area contributed by atoms with Gasteiger partial charge in [-0.1, -0.05) is 44.5 Å². The van der Waals surface area contributed by atoms with Crippen molar-refractivity contribution < 1.29 is 8.42 Å². The largest absolute Gasteiger partial charge is 0.308 e. The summed E-state index contributed by atoms with van der Waals surface area (Å²) in [7, 11) is -0.0911. The Morgan fingerprint density at radius 2 is 1.69 bits per heavy atom. The quantitative estimate of drug-likeness (QED) is 0.432. The minimum atomic E-state index is -3.88. The van der Waals surface area contributed by atoms with E-state index in [1.54, 1.807) is 41.8 Å². The molecule has 0 saturated heterocycles. The van der Waals surface area contributed by atoms with Gasteiger partial charge in [-0.15, -0.1) is 0 Å². The molecule has 0 aliphatic carbocycles. The number of likely N-dealkylation sites (N-methyl/N-ethyl adjacent to an activating group) is 1. The summed E-state index contributed by atoms with van der Waals surface area (Å²) in [6.07, 6.45) is 0. The fraction of sp³-hybridized carbons (Fsp3) is 0.462. The first-order chi connectivity index (χ1) is 16.3. The number of hydrogen-bond donors (Lipinski definition) is 0. The second kappa shape index (κ2) is 10.4. The Morgan fingerprint density at radius 1 is 1.06 bits per heavy atom. The van der Waals surface area contributed by atoms with Crippen molar-refractivity contribution in [1.29, 1.82) is 0 Å². The standard InChI is InChI=1S/C26H35ClN4O3S/c1-8-30-24(28-23-17-20(27)11-14-22(23)25(30)32)18(2)31(16-15-29(6)7)35(33,34)21-12-9-19(10-13-21)26(3,4)5/h9-14,17-18H,8,15-16H2,1-7H3. The van der Waals surface area contributed by atoms with E-state index in [0.717, 1.165) is 5.56 Å². The molecule has 3 rings (SSSR count). The molecular weight excluding hydrogens is 484 g/mol. The SMILES string of the molecule is CCn1c(C(C)N(CCN(C)C)S(=O)(=O)c2ccc(C(C)(C)C)cc2)nc2cc(Cl)ccc2c1=O. The van der Waals surface area contributed by atoms with Gasteiger partial charge in [-0.2, -0.15) is 4.31 Å². The fourth-order valence-corrected chi connectivity index (χ4v) is 5.80. The highest BCUT2D eigenvalue weighted by molar-refractivity contribution is 7.89. The lowest BCUT2D eigenvalue weighted by Gasteiger charge is -2.30. The highest BCUT2D eigenvalue weighted by Gasteiger charge is 2.33. The van der Waals surface area contributed by atoms with Crippen molar-refractivity contribution in [2.24, 2.45) is 0 Å². The van der Waals surface area contributed by atoms with Gasteiger partial charge >= 0.3 is 0 Å². The zero-order valence-corrected chi connectivity index (χ0v) is 23.1. The maximum absolute atomic E-state index is 13.9. The molecule has 0 bridgehead atoms. The van der Waals surface area contributed by atoms with E-state index in [1.807, 2.05) is 38.1 Å². The smallest absolute Gasteiger partial charge is 0.261 e. The molecule has 0 aliphatic heterocycles. The molecule has 0 N–H and O–H groups in total. The van der Waals surface area contributed by atoms with Gasteiger partial charge in [-0.05, 0) is 69.3 Å². The van der Waals surface area contributed by atoms with Crippen LogP contribution in [-0.2, 0) is 22.0 Å². The summed E-state index contributed by atoms with van der Waals surface area (Å²) in [4.78, 5) is 20.1. The van der Waals surface area contributed by atoms with Crippen molar-refractivity contribution in [3.05, 3.63) is 69.2 Å². The molecule has 0 aliphatic rings. The highest BCUT2D eigenvalue weighted by atomic mass is 35.5. The van der Waals surface area contributed by atoms with Gasteiger partial charge in [0.2, 0.25) is 10.0 Å². The minimum Gasteiger partial charge on any atom is -0.308 e. The topological polar surface area (TPSA) is 75.5 Å². The van der Waals surface area contributed by atoms with Gasteiger partial charge in [0.25, 0.3) is 5.56 Å². The summed E-state index contributed by atoms with van der Waals surface area (Å²) in [5.41, 5.74) is 1.20. The molecule has 0 spiro atoms. The van der Waals surface area contributed by atoms with Crippen molar-refractivity contribution in [2.45, 2.75) is 57.5 Å². The van der Waals surface area contributed by atoms with E-state index in [2.05, 4.69) is 20.8 Å². The van der Waals surface area contributed by atoms with Gasteiger partial charge in [0.15, 0.2) is 0 Å². The first-order valence-electron chi connectivity index (χ1n) is 11.7. The van der Waals surface area contributed by atoms with Crippen LogP contribution in [0.15, 0.2) is 52.2 Å². The van der Waals surface area contributed by atoms with Crippen LogP contribution in [0.2, 0.25) is 5.02 Å². The van der Waals surface area contributed by atoms with E-state index in [1.165, 1.54) is 4.31 Å². The molecule has 9 heteroatoms. The summed E-state index contributed by atoms with van der Waals surface area (Å²) < 4.78 is 30.8. The molecule has 0 radical (unpaired) electrons. The van der Waals surface area contributed by atoms with Gasteiger partial charge in [0.1, 0.15) is 5.82 Å². The molecule has 3 aromatic rings. The molecule has 0 fully saturated rings. The summed E-state index contributed by atoms with van der Waals surface area (Å²) in [5, 5.41) is 0.918. The maximum Gasteiger partial charge on any atom is 0.261 e. The highest BCUT2D eigenvalue weighted by Crippen LogP contribution is 2.29. The van der Waals surface area contributed by atoms with Gasteiger partial charge in [-0.25, -0.2) is 13.4 Å². The van der Waals surface area contributed by atoms with Crippen LogP contribution < -0.4 is 5.56 Å². The Labute approximate surface area is 213 Å². The van der Waals surface area contributed by atoms with Crippen LogP contribution in [0.3, 0.4) is 0 Å². The van der Waals surface area contributed by atoms with Crippen LogP contribution in [0.1, 0.15) is 52.0 Å². The minimum absolute atomic E-state index is 0.0896. The Balaban J connectivity index is 2.15. The molecule has 35 heavy (non-hydrogen) atoms. The number of aromatic nitrogens is 2. The first-order valence-corrected chi connectivity index (χ1v) is 13.6. The number of sulfonamides is 1. The van der Waals surface area contributed by atoms with Crippen LogP contribution in [0, 0.1) is 0 Å². The third-order valence-electron chi connectivity index (χ3n) is 6.16. The van der Waals surface area contributed by atoms with Gasteiger partial charge in [0.05, 0.1) is 21.8 Å². The number of halogens is 1. The lowest BCUT2D eigenvalue weighted by atomic mass is 9.87. The molecule has 190 valence electrons. The van der Waals surface area contributed by atoms with Crippen LogP contribution in [0.25, 0.3) is 10.9 Å². The average molecular weight is 519 g/mol. The molecule has 1 unspecified atom stereocenters. The van der Waals surface area contributed by atoms with E-state index in [4.69, 9.17) is 16.6 Å². The van der Waals surface area contributed by atoms with E-state index in [-0.39, 0.29) is 22.4 Å². The molecule has 7 nitrogen and oxygen atoms in total. The number of benzene rings is 2. The van der Waals surface area contributed by atoms with Gasteiger partial charge in [0, 0.05) is 24.7 Å². The van der Waals surface area contributed by atoms with Crippen molar-refractivity contribution in [3.8, 4) is 0 Å². The van der Waals surface area contributed by atoms with E-state index in [9.17, 15) is 13.2 Å². The Morgan fingerprint density at radius 3 is 2.23 bits per heavy atom. The Kier molecular flexibility index (Phi) is 8.11. The molecule has 1 heterocycles. The van der Waals surface area contributed by atoms with Crippen molar-refractivity contribution in [1.82, 2.24) is 18.8 Å². The van der Waals surface area contributed by atoms with E-state index >= 15 is 0 Å². The normalized spacial score (nSPS) is 13.7. The molecule has 0 amide bonds. The summed E-state index contributed by atoms with van der Waals surface area (Å²) in [6.45, 7) is 11.0. The summed E-state index contributed by atoms with van der Waals surface area (Å²) >= 11 is 6.16. The first kappa shape index (κ1) is 27.3. The molecular formula is C26H35ClN4O3S. The fourth-order valence-electron chi connectivity index (χ4n) is 4.05. The van der Waals surface area contributed by atoms with E-state index in [0.29, 0.717) is 34.8 Å². The second-order valence-corrected chi connectivity index (χ2v) is 12.4. The summed E-state index contributed by atoms with van der Waals surface area (Å²) in [5.74, 6) is 0.390. The monoisotopic (exact) mass is 518 g/mol. The van der Waals surface area contributed by atoms with Crippen LogP contribution in [0.4, 0.5) is 0 Å². The molecule has 2 aromatic carbocycles. The summed E-state index contributed by atoms with van der Waals surface area (Å²) in [6, 6.07) is 11.3.